The Balaban J connectivity index is 0.849. The molecule has 5 aromatic rings. The van der Waals surface area contributed by atoms with Gasteiger partial charge in [0.05, 0.1) is 24.3 Å². The monoisotopic (exact) mass is 766 g/mol. The topological polar surface area (TPSA) is 162 Å². The normalized spacial score (nSPS) is 18.7. The molecule has 0 aliphatic carbocycles. The van der Waals surface area contributed by atoms with Crippen LogP contribution in [0.5, 0.6) is 11.5 Å². The summed E-state index contributed by atoms with van der Waals surface area (Å²) in [6, 6.07) is 24.8. The standard InChI is InChI=1S/C42H46N4O8S/c47-34-13-11-32(33-12-14-38(49)44-40(33)34)35(48)23-43-17-4-5-20-52-41(50)37-21-27(26-55-37)25-53-31-10-6-9-30(22-31)39(29-7-2-1-3-8-29)45-42(51)54-36-24-46-18-15-28(36)16-19-46/h1-3,6-14,21-22,26,28,35-36,39,43,47-48H,4-5,15-20,23-25H2,(H,44,49)(H,45,51)/t35?,36?,39-/m0/s1. The Labute approximate surface area is 323 Å². The Hall–Kier alpha value is -5.21. The van der Waals surface area contributed by atoms with Gasteiger partial charge in [-0.2, -0.15) is 0 Å². The fourth-order valence-electron chi connectivity index (χ4n) is 7.33. The highest BCUT2D eigenvalue weighted by atomic mass is 32.1. The number of carbonyl (C=O) groups excluding carboxylic acids is 2. The van der Waals surface area contributed by atoms with Crippen molar-refractivity contribution in [3.63, 3.8) is 0 Å². The van der Waals surface area contributed by atoms with Gasteiger partial charge in [0, 0.05) is 30.1 Å². The summed E-state index contributed by atoms with van der Waals surface area (Å²) < 4.78 is 17.6. The van der Waals surface area contributed by atoms with Gasteiger partial charge in [-0.05, 0) is 104 Å². The summed E-state index contributed by atoms with van der Waals surface area (Å²) in [5.74, 6) is 0.609. The molecule has 5 N–H and O–H groups in total. The van der Waals surface area contributed by atoms with Gasteiger partial charge in [-0.15, -0.1) is 11.3 Å². The van der Waals surface area contributed by atoms with Crippen LogP contribution in [-0.2, 0) is 16.1 Å². The summed E-state index contributed by atoms with van der Waals surface area (Å²) in [5.41, 5.74) is 3.20. The average molecular weight is 767 g/mol. The van der Waals surface area contributed by atoms with Gasteiger partial charge in [0.1, 0.15) is 29.1 Å². The number of aliphatic hydroxyl groups is 1. The van der Waals surface area contributed by atoms with Gasteiger partial charge < -0.3 is 40.0 Å². The first-order valence-corrected chi connectivity index (χ1v) is 19.6. The number of piperidine rings is 3. The van der Waals surface area contributed by atoms with Crippen molar-refractivity contribution in [1.82, 2.24) is 20.5 Å². The van der Waals surface area contributed by atoms with Crippen LogP contribution in [0.1, 0.15) is 69.8 Å². The number of rotatable bonds is 16. The number of fused-ring (bicyclic) bond motifs is 4. The molecule has 3 saturated heterocycles. The Morgan fingerprint density at radius 2 is 1.78 bits per heavy atom. The Morgan fingerprint density at radius 1 is 0.964 bits per heavy atom. The molecule has 288 valence electrons. The van der Waals surface area contributed by atoms with Gasteiger partial charge in [0.25, 0.3) is 0 Å². The molecule has 3 atom stereocenters. The number of hydrogen-bond donors (Lipinski definition) is 5. The van der Waals surface area contributed by atoms with Crippen molar-refractivity contribution in [2.24, 2.45) is 5.92 Å². The Kier molecular flexibility index (Phi) is 12.4. The number of thiophene rings is 1. The molecule has 13 heteroatoms. The zero-order valence-electron chi connectivity index (χ0n) is 30.4. The third-order valence-corrected chi connectivity index (χ3v) is 11.2. The second-order valence-corrected chi connectivity index (χ2v) is 15.0. The minimum atomic E-state index is -0.841. The van der Waals surface area contributed by atoms with Crippen LogP contribution in [0, 0.1) is 5.92 Å². The van der Waals surface area contributed by atoms with Crippen molar-refractivity contribution in [1.29, 1.82) is 0 Å². The molecule has 2 unspecified atom stereocenters. The van der Waals surface area contributed by atoms with Crippen molar-refractivity contribution < 1.29 is 34.0 Å². The van der Waals surface area contributed by atoms with Gasteiger partial charge >= 0.3 is 12.1 Å². The van der Waals surface area contributed by atoms with E-state index in [1.807, 2.05) is 60.0 Å². The van der Waals surface area contributed by atoms with Crippen molar-refractivity contribution in [2.45, 2.75) is 50.5 Å². The van der Waals surface area contributed by atoms with Crippen molar-refractivity contribution in [2.75, 3.05) is 39.3 Å². The molecule has 3 fully saturated rings. The van der Waals surface area contributed by atoms with Crippen LogP contribution in [0.2, 0.25) is 0 Å². The summed E-state index contributed by atoms with van der Waals surface area (Å²) >= 11 is 1.30. The second-order valence-electron chi connectivity index (χ2n) is 14.1. The molecule has 0 spiro atoms. The van der Waals surface area contributed by atoms with Crippen molar-refractivity contribution in [3.05, 3.63) is 128 Å². The summed E-state index contributed by atoms with van der Waals surface area (Å²) in [7, 11) is 0. The van der Waals surface area contributed by atoms with E-state index in [1.54, 1.807) is 18.2 Å². The lowest BCUT2D eigenvalue weighted by Gasteiger charge is -2.43. The van der Waals surface area contributed by atoms with Crippen molar-refractivity contribution >= 4 is 34.3 Å². The number of alkyl carbamates (subject to hydrolysis) is 1. The van der Waals surface area contributed by atoms with Crippen LogP contribution in [0.3, 0.4) is 0 Å². The summed E-state index contributed by atoms with van der Waals surface area (Å²) in [5, 5.41) is 29.6. The predicted octanol–water partition coefficient (Wildman–Crippen LogP) is 6.04. The second kappa shape index (κ2) is 17.9. The van der Waals surface area contributed by atoms with Crippen LogP contribution in [-0.4, -0.2) is 77.6 Å². The third-order valence-electron chi connectivity index (χ3n) is 10.3. The lowest BCUT2D eigenvalue weighted by atomic mass is 9.86. The molecule has 55 heavy (non-hydrogen) atoms. The van der Waals surface area contributed by atoms with Gasteiger partial charge in [-0.3, -0.25) is 9.69 Å². The molecular weight excluding hydrogens is 721 g/mol. The summed E-state index contributed by atoms with van der Waals surface area (Å²) in [6.45, 7) is 4.35. The van der Waals surface area contributed by atoms with E-state index in [1.165, 1.54) is 23.5 Å². The fraction of sp³-hybridized carbons (Fsp3) is 0.357. The molecule has 12 nitrogen and oxygen atoms in total. The number of aromatic hydroxyl groups is 1. The van der Waals surface area contributed by atoms with E-state index in [2.05, 4.69) is 20.5 Å². The third kappa shape index (κ3) is 9.73. The number of nitrogens with one attached hydrogen (secondary N) is 3. The van der Waals surface area contributed by atoms with Gasteiger partial charge in [0.2, 0.25) is 5.56 Å². The molecule has 3 aliphatic rings. The van der Waals surface area contributed by atoms with E-state index in [-0.39, 0.29) is 43.1 Å². The molecule has 1 amide bonds. The number of carbonyl (C=O) groups is 2. The first-order valence-electron chi connectivity index (χ1n) is 18.8. The number of phenolic OH excluding ortho intramolecular Hbond substituents is 1. The highest BCUT2D eigenvalue weighted by molar-refractivity contribution is 7.12. The van der Waals surface area contributed by atoms with E-state index in [0.29, 0.717) is 46.0 Å². The molecule has 0 saturated carbocycles. The fourth-order valence-corrected chi connectivity index (χ4v) is 8.12. The largest absolute Gasteiger partial charge is 0.506 e. The lowest BCUT2D eigenvalue weighted by Crippen LogP contribution is -2.52. The molecule has 2 aromatic heterocycles. The number of pyridine rings is 1. The van der Waals surface area contributed by atoms with Gasteiger partial charge in [-0.1, -0.05) is 48.5 Å². The maximum atomic E-state index is 13.2. The summed E-state index contributed by atoms with van der Waals surface area (Å²) in [6.07, 6.45) is 2.15. The van der Waals surface area contributed by atoms with Crippen LogP contribution < -0.4 is 20.9 Å². The van der Waals surface area contributed by atoms with Crippen LogP contribution in [0.15, 0.2) is 95.1 Å². The zero-order valence-corrected chi connectivity index (χ0v) is 31.3. The average Bonchev–Trinajstić information content (AvgIpc) is 3.69. The number of esters is 1. The van der Waals surface area contributed by atoms with E-state index in [9.17, 15) is 24.6 Å². The highest BCUT2D eigenvalue weighted by Gasteiger charge is 2.37. The van der Waals surface area contributed by atoms with Crippen LogP contribution in [0.4, 0.5) is 4.79 Å². The molecule has 3 aliphatic heterocycles. The number of phenols is 1. The number of aromatic amines is 1. The Bertz CT molecular complexity index is 2130. The number of nitrogens with zero attached hydrogens (tertiary/aromatic N) is 1. The number of hydrogen-bond acceptors (Lipinski definition) is 11. The van der Waals surface area contributed by atoms with Gasteiger partial charge in [0.15, 0.2) is 0 Å². The predicted molar refractivity (Wildman–Crippen MR) is 210 cm³/mol. The molecular formula is C42H46N4O8S. The molecule has 8 rings (SSSR count). The first-order chi connectivity index (χ1) is 26.8. The maximum absolute atomic E-state index is 13.2. The number of unbranched alkanes of at least 4 members (excludes halogenated alkanes) is 1. The molecule has 3 aromatic carbocycles. The Morgan fingerprint density at radius 3 is 2.58 bits per heavy atom. The zero-order chi connectivity index (χ0) is 38.1. The lowest BCUT2D eigenvalue weighted by molar-refractivity contribution is -0.0336. The van der Waals surface area contributed by atoms with Gasteiger partial charge in [-0.25, -0.2) is 9.59 Å². The molecule has 2 bridgehead atoms. The minimum absolute atomic E-state index is 0.0540. The molecule has 5 heterocycles. The summed E-state index contributed by atoms with van der Waals surface area (Å²) in [4.78, 5) is 43.0. The number of amides is 1. The SMILES string of the molecule is O=C(N[C@@H](c1ccccc1)c1cccc(OCc2csc(C(=O)OCCCCNCC(O)c3ccc(O)c4[nH]c(=O)ccc34)c2)c1)OC1CN2CCC1CC2. The van der Waals surface area contributed by atoms with E-state index in [0.717, 1.165) is 55.6 Å². The number of aromatic nitrogens is 1. The smallest absolute Gasteiger partial charge is 0.408 e. The quantitative estimate of drug-likeness (QED) is 0.0591. The highest BCUT2D eigenvalue weighted by Crippen LogP contribution is 2.31. The number of benzene rings is 3. The number of ether oxygens (including phenoxy) is 3. The van der Waals surface area contributed by atoms with E-state index in [4.69, 9.17) is 14.2 Å². The molecule has 0 radical (unpaired) electrons. The van der Waals surface area contributed by atoms with Crippen LogP contribution in [0.25, 0.3) is 10.9 Å². The van der Waals surface area contributed by atoms with Crippen LogP contribution >= 0.6 is 11.3 Å². The first kappa shape index (κ1) is 38.1. The van der Waals surface area contributed by atoms with E-state index >= 15 is 0 Å². The van der Waals surface area contributed by atoms with Crippen molar-refractivity contribution in [3.8, 4) is 11.5 Å². The number of aliphatic hydroxyl groups excluding tert-OH is 1. The minimum Gasteiger partial charge on any atom is -0.506 e. The maximum Gasteiger partial charge on any atom is 0.408 e. The van der Waals surface area contributed by atoms with E-state index < -0.39 is 18.2 Å². The number of H-pyrrole nitrogens is 1.